The summed E-state index contributed by atoms with van der Waals surface area (Å²) in [7, 11) is -0.822. The number of nitrogens with zero attached hydrogens (tertiary/aromatic N) is 1. The van der Waals surface area contributed by atoms with Crippen molar-refractivity contribution in [3.8, 4) is 0 Å². The van der Waals surface area contributed by atoms with Crippen LogP contribution in [0.3, 0.4) is 0 Å². The summed E-state index contributed by atoms with van der Waals surface area (Å²) in [6.45, 7) is 13.0. The van der Waals surface area contributed by atoms with Crippen LogP contribution in [0.1, 0.15) is 51.6 Å². The second-order valence-corrected chi connectivity index (χ2v) is 8.68. The molecule has 0 aliphatic rings. The minimum atomic E-state index is -0.822. The Balaban J connectivity index is 2.86. The first kappa shape index (κ1) is 18.8. The Kier molecular flexibility index (Phi) is 7.23. The molecule has 0 aromatic carbocycles. The molecule has 0 fully saturated rings. The Morgan fingerprint density at radius 2 is 2.00 bits per heavy atom. The molecule has 4 nitrogen and oxygen atoms in total. The number of ether oxygens (including phenoxy) is 1. The average Bonchev–Trinajstić information content (AvgIpc) is 2.42. The van der Waals surface area contributed by atoms with Gasteiger partial charge in [-0.1, -0.05) is 26.8 Å². The molecule has 1 aromatic heterocycles. The van der Waals surface area contributed by atoms with Crippen LogP contribution in [-0.2, 0) is 20.4 Å². The predicted octanol–water partition coefficient (Wildman–Crippen LogP) is 3.93. The fraction of sp³-hybridized carbons (Fsp3) is 0.647. The first-order valence-corrected chi connectivity index (χ1v) is 10.2. The summed E-state index contributed by atoms with van der Waals surface area (Å²) in [4.78, 5) is 16.2. The fourth-order valence-electron chi connectivity index (χ4n) is 2.16. The van der Waals surface area contributed by atoms with Gasteiger partial charge in [0.15, 0.2) is 0 Å². The molecule has 0 amide bonds. The van der Waals surface area contributed by atoms with Gasteiger partial charge in [-0.05, 0) is 37.6 Å². The van der Waals surface area contributed by atoms with Crippen molar-refractivity contribution in [3.05, 3.63) is 29.6 Å². The summed E-state index contributed by atoms with van der Waals surface area (Å²) in [5, 5.41) is 0. The van der Waals surface area contributed by atoms with E-state index in [2.05, 4.69) is 33.9 Å². The Bertz CT molecular complexity index is 483. The summed E-state index contributed by atoms with van der Waals surface area (Å²) in [6, 6.07) is 5.95. The highest BCUT2D eigenvalue weighted by molar-refractivity contribution is 6.48. The van der Waals surface area contributed by atoms with Crippen LogP contribution in [-0.4, -0.2) is 26.6 Å². The van der Waals surface area contributed by atoms with Crippen molar-refractivity contribution in [2.45, 2.75) is 59.7 Å². The van der Waals surface area contributed by atoms with Crippen molar-refractivity contribution < 1.29 is 14.0 Å². The summed E-state index contributed by atoms with van der Waals surface area (Å²) in [6.07, 6.45) is 0.931. The zero-order valence-corrected chi connectivity index (χ0v) is 15.6. The van der Waals surface area contributed by atoms with Crippen molar-refractivity contribution in [2.24, 2.45) is 5.41 Å². The quantitative estimate of drug-likeness (QED) is 0.564. The highest BCUT2D eigenvalue weighted by Gasteiger charge is 2.29. The topological polar surface area (TPSA) is 48.4 Å². The minimum Gasteiger partial charge on any atom is -0.466 e. The number of aryl methyl sites for hydroxylation is 1. The van der Waals surface area contributed by atoms with E-state index >= 15 is 0 Å². The Hall–Kier alpha value is -1.20. The lowest BCUT2D eigenvalue weighted by Gasteiger charge is -2.32. The van der Waals surface area contributed by atoms with Crippen molar-refractivity contribution in [1.29, 1.82) is 0 Å². The molecule has 0 aliphatic heterocycles. The number of rotatable bonds is 7. The van der Waals surface area contributed by atoms with Crippen LogP contribution in [0, 0.1) is 5.41 Å². The highest BCUT2D eigenvalue weighted by atomic mass is 28.3. The lowest BCUT2D eigenvalue weighted by atomic mass is 9.87. The molecule has 5 heteroatoms. The number of hydrogen-bond donors (Lipinski definition) is 0. The van der Waals surface area contributed by atoms with E-state index in [9.17, 15) is 4.79 Å². The molecule has 0 saturated carbocycles. The van der Waals surface area contributed by atoms with Gasteiger partial charge < -0.3 is 9.16 Å². The van der Waals surface area contributed by atoms with Gasteiger partial charge in [0.1, 0.15) is 0 Å². The van der Waals surface area contributed by atoms with Crippen molar-refractivity contribution in [3.63, 3.8) is 0 Å². The smallest absolute Gasteiger partial charge is 0.306 e. The van der Waals surface area contributed by atoms with Gasteiger partial charge in [0.2, 0.25) is 9.04 Å². The lowest BCUT2D eigenvalue weighted by Crippen LogP contribution is -2.27. The SMILES string of the molecule is CCOC(=O)CCc1cccc(C(O[Si](C)C)C(C)(C)C)n1. The van der Waals surface area contributed by atoms with Crippen LogP contribution >= 0.6 is 0 Å². The largest absolute Gasteiger partial charge is 0.466 e. The maximum Gasteiger partial charge on any atom is 0.306 e. The monoisotopic (exact) mass is 322 g/mol. The third-order valence-corrected chi connectivity index (χ3v) is 3.83. The van der Waals surface area contributed by atoms with Gasteiger partial charge in [-0.3, -0.25) is 9.78 Å². The third-order valence-electron chi connectivity index (χ3n) is 3.13. The molecule has 1 atom stereocenters. The van der Waals surface area contributed by atoms with E-state index in [-0.39, 0.29) is 17.5 Å². The van der Waals surface area contributed by atoms with Crippen LogP contribution in [0.2, 0.25) is 13.1 Å². The van der Waals surface area contributed by atoms with E-state index in [0.29, 0.717) is 19.4 Å². The summed E-state index contributed by atoms with van der Waals surface area (Å²) in [5.74, 6) is -0.175. The Labute approximate surface area is 136 Å². The van der Waals surface area contributed by atoms with E-state index < -0.39 is 9.04 Å². The molecular weight excluding hydrogens is 294 g/mol. The summed E-state index contributed by atoms with van der Waals surface area (Å²) in [5.41, 5.74) is 1.83. The molecule has 0 bridgehead atoms. The number of carbonyl (C=O) groups excluding carboxylic acids is 1. The summed E-state index contributed by atoms with van der Waals surface area (Å²) < 4.78 is 11.1. The van der Waals surface area contributed by atoms with Crippen LogP contribution in [0.25, 0.3) is 0 Å². The molecule has 123 valence electrons. The van der Waals surface area contributed by atoms with Gasteiger partial charge in [-0.2, -0.15) is 0 Å². The van der Waals surface area contributed by atoms with Gasteiger partial charge in [0.25, 0.3) is 0 Å². The standard InChI is InChI=1S/C17H28NO3Si/c1-7-20-15(19)12-11-13-9-8-10-14(18-13)16(17(2,3)4)21-22(5)6/h8-10,16H,7,11-12H2,1-6H3. The molecule has 22 heavy (non-hydrogen) atoms. The number of esters is 1. The van der Waals surface area contributed by atoms with E-state index in [0.717, 1.165) is 11.4 Å². The number of pyridine rings is 1. The molecule has 0 saturated heterocycles. The molecular formula is C17H28NO3Si. The second kappa shape index (κ2) is 8.43. The Morgan fingerprint density at radius 3 is 2.55 bits per heavy atom. The normalized spacial score (nSPS) is 13.2. The van der Waals surface area contributed by atoms with Gasteiger partial charge in [-0.25, -0.2) is 0 Å². The van der Waals surface area contributed by atoms with Crippen molar-refractivity contribution in [2.75, 3.05) is 6.61 Å². The minimum absolute atomic E-state index is 0.0191. The zero-order valence-electron chi connectivity index (χ0n) is 14.6. The van der Waals surface area contributed by atoms with Crippen LogP contribution in [0.15, 0.2) is 18.2 Å². The second-order valence-electron chi connectivity index (χ2n) is 6.63. The van der Waals surface area contributed by atoms with Crippen LogP contribution in [0.5, 0.6) is 0 Å². The molecule has 1 aromatic rings. The summed E-state index contributed by atoms with van der Waals surface area (Å²) >= 11 is 0. The predicted molar refractivity (Wildman–Crippen MR) is 90.0 cm³/mol. The van der Waals surface area contributed by atoms with E-state index in [1.807, 2.05) is 25.1 Å². The molecule has 1 rings (SSSR count). The zero-order chi connectivity index (χ0) is 16.8. The van der Waals surface area contributed by atoms with Crippen molar-refractivity contribution >= 4 is 15.0 Å². The third kappa shape index (κ3) is 6.28. The molecule has 0 spiro atoms. The number of aromatic nitrogens is 1. The first-order chi connectivity index (χ1) is 10.2. The highest BCUT2D eigenvalue weighted by Crippen LogP contribution is 2.35. The molecule has 1 heterocycles. The van der Waals surface area contributed by atoms with Crippen LogP contribution in [0.4, 0.5) is 0 Å². The molecule has 0 N–H and O–H groups in total. The van der Waals surface area contributed by atoms with E-state index in [4.69, 9.17) is 14.1 Å². The molecule has 1 unspecified atom stereocenters. The number of hydrogen-bond acceptors (Lipinski definition) is 4. The average molecular weight is 323 g/mol. The maximum absolute atomic E-state index is 11.5. The first-order valence-electron chi connectivity index (χ1n) is 7.82. The Morgan fingerprint density at radius 1 is 1.32 bits per heavy atom. The lowest BCUT2D eigenvalue weighted by molar-refractivity contribution is -0.143. The van der Waals surface area contributed by atoms with Gasteiger partial charge in [0, 0.05) is 12.1 Å². The maximum atomic E-state index is 11.5. The van der Waals surface area contributed by atoms with Crippen LogP contribution < -0.4 is 0 Å². The van der Waals surface area contributed by atoms with Gasteiger partial charge >= 0.3 is 5.97 Å². The van der Waals surface area contributed by atoms with Gasteiger partial charge in [-0.15, -0.1) is 0 Å². The number of carbonyl (C=O) groups is 1. The van der Waals surface area contributed by atoms with Crippen molar-refractivity contribution in [1.82, 2.24) is 4.98 Å². The van der Waals surface area contributed by atoms with E-state index in [1.54, 1.807) is 0 Å². The van der Waals surface area contributed by atoms with Gasteiger partial charge in [0.05, 0.1) is 24.8 Å². The fourth-order valence-corrected chi connectivity index (χ4v) is 3.11. The van der Waals surface area contributed by atoms with E-state index in [1.165, 1.54) is 0 Å². The molecule has 0 aliphatic carbocycles. The molecule has 1 radical (unpaired) electrons.